The predicted octanol–water partition coefficient (Wildman–Crippen LogP) is 2.08. The second-order valence-corrected chi connectivity index (χ2v) is 7.65. The molecule has 0 heterocycles. The SMILES string of the molecule is Cc1c(S(=O)(=O)c2cc(N)c(N)c(C)c2C)cc(N)c(N)c1C. The lowest BCUT2D eigenvalue weighted by molar-refractivity contribution is 0.594. The van der Waals surface area contributed by atoms with E-state index in [0.717, 1.165) is 0 Å². The molecular formula is C16H22N4O2S. The predicted molar refractivity (Wildman–Crippen MR) is 94.9 cm³/mol. The maximum Gasteiger partial charge on any atom is 0.207 e. The Morgan fingerprint density at radius 1 is 0.652 bits per heavy atom. The number of benzene rings is 2. The van der Waals surface area contributed by atoms with Crippen LogP contribution in [0, 0.1) is 27.7 Å². The Hall–Kier alpha value is -2.41. The largest absolute Gasteiger partial charge is 0.397 e. The lowest BCUT2D eigenvalue weighted by Crippen LogP contribution is -2.12. The summed E-state index contributed by atoms with van der Waals surface area (Å²) >= 11 is 0. The van der Waals surface area contributed by atoms with E-state index in [2.05, 4.69) is 0 Å². The molecule has 0 spiro atoms. The molecule has 2 rings (SSSR count). The molecule has 6 nitrogen and oxygen atoms in total. The molecule has 0 bridgehead atoms. The minimum atomic E-state index is -3.79. The van der Waals surface area contributed by atoms with Crippen LogP contribution in [0.5, 0.6) is 0 Å². The maximum absolute atomic E-state index is 13.1. The van der Waals surface area contributed by atoms with Crippen molar-refractivity contribution in [3.8, 4) is 0 Å². The van der Waals surface area contributed by atoms with Crippen molar-refractivity contribution in [2.45, 2.75) is 37.5 Å². The highest BCUT2D eigenvalue weighted by Crippen LogP contribution is 2.36. The van der Waals surface area contributed by atoms with E-state index in [0.29, 0.717) is 33.6 Å². The van der Waals surface area contributed by atoms with Crippen LogP contribution in [0.4, 0.5) is 22.7 Å². The molecule has 0 atom stereocenters. The normalized spacial score (nSPS) is 11.7. The Balaban J connectivity index is 2.85. The Morgan fingerprint density at radius 2 is 0.957 bits per heavy atom. The summed E-state index contributed by atoms with van der Waals surface area (Å²) in [6.45, 7) is 6.91. The van der Waals surface area contributed by atoms with E-state index in [1.807, 2.05) is 0 Å². The van der Waals surface area contributed by atoms with Gasteiger partial charge >= 0.3 is 0 Å². The fraction of sp³-hybridized carbons (Fsp3) is 0.250. The molecule has 0 saturated heterocycles. The van der Waals surface area contributed by atoms with Crippen LogP contribution in [-0.2, 0) is 9.84 Å². The highest BCUT2D eigenvalue weighted by molar-refractivity contribution is 7.91. The third-order valence-electron chi connectivity index (χ3n) is 4.45. The van der Waals surface area contributed by atoms with Crippen LogP contribution in [0.15, 0.2) is 21.9 Å². The van der Waals surface area contributed by atoms with E-state index in [1.165, 1.54) is 12.1 Å². The van der Waals surface area contributed by atoms with Gasteiger partial charge in [-0.3, -0.25) is 0 Å². The number of sulfone groups is 1. The number of anilines is 4. The summed E-state index contributed by atoms with van der Waals surface area (Å²) in [5, 5.41) is 0. The zero-order valence-corrected chi connectivity index (χ0v) is 14.5. The first-order valence-electron chi connectivity index (χ1n) is 7.05. The average Bonchev–Trinajstić information content (AvgIpc) is 2.49. The van der Waals surface area contributed by atoms with Crippen LogP contribution >= 0.6 is 0 Å². The van der Waals surface area contributed by atoms with Gasteiger partial charge in [0, 0.05) is 0 Å². The molecule has 124 valence electrons. The first-order chi connectivity index (χ1) is 10.5. The lowest BCUT2D eigenvalue weighted by Gasteiger charge is -2.17. The molecule has 0 unspecified atom stereocenters. The van der Waals surface area contributed by atoms with Crippen LogP contribution in [0.1, 0.15) is 22.3 Å². The maximum atomic E-state index is 13.1. The van der Waals surface area contributed by atoms with Crippen LogP contribution in [0.2, 0.25) is 0 Å². The van der Waals surface area contributed by atoms with Crippen molar-refractivity contribution >= 4 is 32.6 Å². The monoisotopic (exact) mass is 334 g/mol. The van der Waals surface area contributed by atoms with Gasteiger partial charge in [0.2, 0.25) is 9.84 Å². The summed E-state index contributed by atoms with van der Waals surface area (Å²) in [7, 11) is -3.79. The van der Waals surface area contributed by atoms with E-state index in [9.17, 15) is 8.42 Å². The van der Waals surface area contributed by atoms with Gasteiger partial charge in [-0.25, -0.2) is 8.42 Å². The molecule has 2 aromatic carbocycles. The standard InChI is InChI=1S/C16H22N4O2S/c1-7-9(3)15(19)11(17)5-13(7)23(21,22)14-6-12(18)16(20)10(4)8(14)2/h5-6H,17-20H2,1-4H3. The Morgan fingerprint density at radius 3 is 1.26 bits per heavy atom. The molecular weight excluding hydrogens is 312 g/mol. The lowest BCUT2D eigenvalue weighted by atomic mass is 10.1. The molecule has 0 radical (unpaired) electrons. The first kappa shape index (κ1) is 17.0. The number of hydrogen-bond donors (Lipinski definition) is 4. The quantitative estimate of drug-likeness (QED) is 0.620. The third-order valence-corrected chi connectivity index (χ3v) is 6.45. The molecule has 0 saturated carbocycles. The first-order valence-corrected chi connectivity index (χ1v) is 8.53. The fourth-order valence-electron chi connectivity index (χ4n) is 2.54. The van der Waals surface area contributed by atoms with E-state index in [-0.39, 0.29) is 21.2 Å². The topological polar surface area (TPSA) is 138 Å². The molecule has 0 aromatic heterocycles. The average molecular weight is 334 g/mol. The number of nitrogen functional groups attached to an aromatic ring is 4. The molecule has 0 amide bonds. The van der Waals surface area contributed by atoms with Gasteiger partial charge in [-0.15, -0.1) is 0 Å². The van der Waals surface area contributed by atoms with Gasteiger partial charge < -0.3 is 22.9 Å². The van der Waals surface area contributed by atoms with Gasteiger partial charge in [-0.2, -0.15) is 0 Å². The van der Waals surface area contributed by atoms with Gasteiger partial charge in [-0.1, -0.05) is 0 Å². The zero-order chi connectivity index (χ0) is 17.7. The Kier molecular flexibility index (Phi) is 3.94. The minimum absolute atomic E-state index is 0.133. The van der Waals surface area contributed by atoms with E-state index >= 15 is 0 Å². The summed E-state index contributed by atoms with van der Waals surface area (Å²) in [6, 6.07) is 2.79. The summed E-state index contributed by atoms with van der Waals surface area (Å²) in [4.78, 5) is 0.266. The van der Waals surface area contributed by atoms with Crippen LogP contribution in [0.3, 0.4) is 0 Å². The number of nitrogens with two attached hydrogens (primary N) is 4. The smallest absolute Gasteiger partial charge is 0.207 e. The summed E-state index contributed by atoms with van der Waals surface area (Å²) in [5.74, 6) is 0. The number of hydrogen-bond acceptors (Lipinski definition) is 6. The van der Waals surface area contributed by atoms with Crippen molar-refractivity contribution in [3.05, 3.63) is 34.4 Å². The zero-order valence-electron chi connectivity index (χ0n) is 13.7. The Bertz CT molecular complexity index is 849. The summed E-state index contributed by atoms with van der Waals surface area (Å²) in [5.41, 5.74) is 27.2. The molecule has 0 aliphatic carbocycles. The van der Waals surface area contributed by atoms with Crippen molar-refractivity contribution in [3.63, 3.8) is 0 Å². The molecule has 23 heavy (non-hydrogen) atoms. The molecule has 8 N–H and O–H groups in total. The Labute approximate surface area is 136 Å². The second-order valence-electron chi connectivity index (χ2n) is 5.76. The van der Waals surface area contributed by atoms with Crippen molar-refractivity contribution < 1.29 is 8.42 Å². The number of rotatable bonds is 2. The van der Waals surface area contributed by atoms with E-state index < -0.39 is 9.84 Å². The van der Waals surface area contributed by atoms with Crippen molar-refractivity contribution in [2.24, 2.45) is 0 Å². The highest BCUT2D eigenvalue weighted by atomic mass is 32.2. The van der Waals surface area contributed by atoms with Gasteiger partial charge in [0.25, 0.3) is 0 Å². The van der Waals surface area contributed by atoms with Gasteiger partial charge in [0.05, 0.1) is 32.5 Å². The van der Waals surface area contributed by atoms with Crippen LogP contribution in [-0.4, -0.2) is 8.42 Å². The van der Waals surface area contributed by atoms with Crippen molar-refractivity contribution in [2.75, 3.05) is 22.9 Å². The van der Waals surface area contributed by atoms with E-state index in [4.69, 9.17) is 22.9 Å². The minimum Gasteiger partial charge on any atom is -0.397 e. The van der Waals surface area contributed by atoms with E-state index in [1.54, 1.807) is 27.7 Å². The van der Waals surface area contributed by atoms with Gasteiger partial charge in [0.1, 0.15) is 0 Å². The fourth-order valence-corrected chi connectivity index (χ4v) is 4.45. The van der Waals surface area contributed by atoms with Gasteiger partial charge in [-0.05, 0) is 62.1 Å². The molecule has 0 fully saturated rings. The second kappa shape index (κ2) is 5.34. The third kappa shape index (κ3) is 2.46. The molecule has 0 aliphatic rings. The highest BCUT2D eigenvalue weighted by Gasteiger charge is 2.26. The van der Waals surface area contributed by atoms with Crippen LogP contribution in [0.25, 0.3) is 0 Å². The molecule has 2 aromatic rings. The van der Waals surface area contributed by atoms with Gasteiger partial charge in [0.15, 0.2) is 0 Å². The van der Waals surface area contributed by atoms with Crippen molar-refractivity contribution in [1.29, 1.82) is 0 Å². The van der Waals surface area contributed by atoms with Crippen molar-refractivity contribution in [1.82, 2.24) is 0 Å². The molecule has 7 heteroatoms. The molecule has 0 aliphatic heterocycles. The summed E-state index contributed by atoms with van der Waals surface area (Å²) < 4.78 is 26.2. The van der Waals surface area contributed by atoms with Crippen LogP contribution < -0.4 is 22.9 Å². The summed E-state index contributed by atoms with van der Waals surface area (Å²) in [6.07, 6.45) is 0.